The molecule has 176 valence electrons. The van der Waals surface area contributed by atoms with Gasteiger partial charge in [-0.15, -0.1) is 0 Å². The van der Waals surface area contributed by atoms with Crippen LogP contribution in [0.2, 0.25) is 10.0 Å². The first-order chi connectivity index (χ1) is 15.7. The first-order valence-corrected chi connectivity index (χ1v) is 11.2. The molecule has 0 saturated carbocycles. The number of alkyl halides is 1. The molecule has 11 nitrogen and oxygen atoms in total. The van der Waals surface area contributed by atoms with Crippen LogP contribution >= 0.6 is 34.5 Å². The van der Waals surface area contributed by atoms with E-state index >= 15 is 0 Å². The van der Waals surface area contributed by atoms with Gasteiger partial charge in [0.2, 0.25) is 5.06 Å². The fourth-order valence-corrected chi connectivity index (χ4v) is 4.80. The zero-order valence-electron chi connectivity index (χ0n) is 17.3. The van der Waals surface area contributed by atoms with Gasteiger partial charge in [0.1, 0.15) is 18.2 Å². The summed E-state index contributed by atoms with van der Waals surface area (Å²) in [5.41, 5.74) is 0.815. The van der Waals surface area contributed by atoms with Gasteiger partial charge in [-0.2, -0.15) is 5.10 Å². The van der Waals surface area contributed by atoms with E-state index in [0.29, 0.717) is 23.2 Å². The molecule has 1 aliphatic heterocycles. The average Bonchev–Trinajstić information content (AvgIpc) is 3.43. The van der Waals surface area contributed by atoms with E-state index in [1.54, 1.807) is 18.9 Å². The number of carboxylic acid groups (broad SMARTS) is 1. The molecule has 0 radical (unpaired) electrons. The van der Waals surface area contributed by atoms with Gasteiger partial charge in [0.25, 0.3) is 5.91 Å². The van der Waals surface area contributed by atoms with E-state index in [1.807, 2.05) is 0 Å². The molecule has 0 aromatic carbocycles. The van der Waals surface area contributed by atoms with E-state index < -0.39 is 24.3 Å². The Labute approximate surface area is 200 Å². The second-order valence-corrected chi connectivity index (χ2v) is 8.99. The third kappa shape index (κ3) is 4.61. The summed E-state index contributed by atoms with van der Waals surface area (Å²) >= 11 is 13.0. The fourth-order valence-electron chi connectivity index (χ4n) is 3.44. The highest BCUT2D eigenvalue weighted by molar-refractivity contribution is 7.18. The number of hydrogen-bond acceptors (Lipinski definition) is 8. The molecule has 1 fully saturated rings. The van der Waals surface area contributed by atoms with Gasteiger partial charge in [-0.05, 0) is 13.3 Å². The number of hydrogen-bond donors (Lipinski definition) is 3. The van der Waals surface area contributed by atoms with E-state index in [9.17, 15) is 14.0 Å². The number of H-pyrrole nitrogens is 1. The van der Waals surface area contributed by atoms with E-state index in [-0.39, 0.29) is 39.5 Å². The third-order valence-electron chi connectivity index (χ3n) is 5.10. The van der Waals surface area contributed by atoms with Crippen molar-refractivity contribution in [3.05, 3.63) is 27.8 Å². The van der Waals surface area contributed by atoms with Crippen LogP contribution in [0.1, 0.15) is 22.6 Å². The van der Waals surface area contributed by atoms with Crippen LogP contribution in [-0.4, -0.2) is 67.2 Å². The smallest absolute Gasteiger partial charge is 0.449 e. The Balaban J connectivity index is 1.49. The Kier molecular flexibility index (Phi) is 6.45. The van der Waals surface area contributed by atoms with Crippen LogP contribution in [0.4, 0.5) is 14.3 Å². The highest BCUT2D eigenvalue weighted by Crippen LogP contribution is 2.39. The van der Waals surface area contributed by atoms with Gasteiger partial charge in [-0.25, -0.2) is 23.8 Å². The van der Waals surface area contributed by atoms with Crippen LogP contribution in [0.25, 0.3) is 11.5 Å². The largest absolute Gasteiger partial charge is 0.512 e. The van der Waals surface area contributed by atoms with Crippen molar-refractivity contribution in [3.63, 3.8) is 0 Å². The molecule has 3 N–H and O–H groups in total. The molecule has 0 spiro atoms. The number of carbonyl (C=O) groups excluding carboxylic acids is 1. The van der Waals surface area contributed by atoms with E-state index in [0.717, 1.165) is 11.3 Å². The molecule has 3 aromatic heterocycles. The van der Waals surface area contributed by atoms with E-state index in [1.165, 1.54) is 11.0 Å². The number of rotatable bonds is 5. The quantitative estimate of drug-likeness (QED) is 0.438. The number of nitrogens with one attached hydrogen (secondary N) is 2. The molecule has 0 bridgehead atoms. The van der Waals surface area contributed by atoms with Crippen LogP contribution in [0.3, 0.4) is 0 Å². The minimum atomic E-state index is -1.50. The Morgan fingerprint density at radius 2 is 2.15 bits per heavy atom. The van der Waals surface area contributed by atoms with Crippen molar-refractivity contribution in [1.29, 1.82) is 0 Å². The molecule has 1 saturated heterocycles. The van der Waals surface area contributed by atoms with Gasteiger partial charge in [-0.1, -0.05) is 34.5 Å². The molecule has 1 amide bonds. The topological polar surface area (TPSA) is 138 Å². The van der Waals surface area contributed by atoms with Crippen LogP contribution in [0, 0.1) is 6.92 Å². The average molecular weight is 518 g/mol. The van der Waals surface area contributed by atoms with Crippen LogP contribution in [0.15, 0.2) is 6.33 Å². The van der Waals surface area contributed by atoms with Crippen molar-refractivity contribution in [1.82, 2.24) is 30.0 Å². The van der Waals surface area contributed by atoms with Crippen LogP contribution in [0.5, 0.6) is 5.06 Å². The highest BCUT2D eigenvalue weighted by atomic mass is 35.5. The van der Waals surface area contributed by atoms with Crippen molar-refractivity contribution in [2.24, 2.45) is 7.05 Å². The number of nitrogens with zero attached hydrogens (tertiary/aromatic N) is 5. The van der Waals surface area contributed by atoms with Gasteiger partial charge in [0.15, 0.2) is 16.6 Å². The van der Waals surface area contributed by atoms with E-state index in [4.69, 9.17) is 33.0 Å². The SMILES string of the molecule is Cc1[nH]c(C(=O)N[C@@H]2CCN(c3nc(-c4ncnn4C)c(OC(=O)O)s3)C[C@@H]2F)c(Cl)c1Cl. The maximum absolute atomic E-state index is 15.0. The molecule has 3 aromatic rings. The van der Waals surface area contributed by atoms with Gasteiger partial charge < -0.3 is 25.0 Å². The molecule has 0 aliphatic carbocycles. The summed E-state index contributed by atoms with van der Waals surface area (Å²) in [5, 5.41) is 16.4. The lowest BCUT2D eigenvalue weighted by Crippen LogP contribution is -2.52. The number of amides is 1. The van der Waals surface area contributed by atoms with Crippen molar-refractivity contribution >= 4 is 51.7 Å². The molecule has 4 rings (SSSR count). The predicted octanol–water partition coefficient (Wildman–Crippen LogP) is 3.29. The number of ether oxygens (including phenoxy) is 1. The highest BCUT2D eigenvalue weighted by Gasteiger charge is 2.34. The lowest BCUT2D eigenvalue weighted by atomic mass is 10.0. The third-order valence-corrected chi connectivity index (χ3v) is 7.04. The summed E-state index contributed by atoms with van der Waals surface area (Å²) in [4.78, 5) is 36.6. The second-order valence-electron chi connectivity index (χ2n) is 7.29. The summed E-state index contributed by atoms with van der Waals surface area (Å²) in [7, 11) is 1.63. The number of piperidine rings is 1. The Hall–Kier alpha value is -2.90. The molecule has 15 heteroatoms. The maximum Gasteiger partial charge on any atom is 0.512 e. The summed E-state index contributed by atoms with van der Waals surface area (Å²) in [6, 6.07) is -0.750. The summed E-state index contributed by atoms with van der Waals surface area (Å²) in [5.74, 6) is -0.239. The van der Waals surface area contributed by atoms with Crippen molar-refractivity contribution < 1.29 is 23.8 Å². The van der Waals surface area contributed by atoms with Crippen molar-refractivity contribution in [2.45, 2.75) is 25.6 Å². The van der Waals surface area contributed by atoms with Crippen molar-refractivity contribution in [2.75, 3.05) is 18.0 Å². The van der Waals surface area contributed by atoms with Gasteiger partial charge in [-0.3, -0.25) is 4.79 Å². The van der Waals surface area contributed by atoms with Crippen molar-refractivity contribution in [3.8, 4) is 16.6 Å². The lowest BCUT2D eigenvalue weighted by Gasteiger charge is -2.34. The minimum absolute atomic E-state index is 0.00747. The van der Waals surface area contributed by atoms with E-state index in [2.05, 4.69) is 25.4 Å². The van der Waals surface area contributed by atoms with Gasteiger partial charge in [0.05, 0.1) is 22.6 Å². The lowest BCUT2D eigenvalue weighted by molar-refractivity contribution is 0.0894. The fraction of sp³-hybridized carbons (Fsp3) is 0.389. The molecule has 0 unspecified atom stereocenters. The van der Waals surface area contributed by atoms with Crippen LogP contribution < -0.4 is 15.0 Å². The zero-order valence-corrected chi connectivity index (χ0v) is 19.6. The maximum atomic E-state index is 15.0. The molecule has 33 heavy (non-hydrogen) atoms. The number of aromatic amines is 1. The van der Waals surface area contributed by atoms with Crippen LogP contribution in [-0.2, 0) is 7.05 Å². The number of aryl methyl sites for hydroxylation is 2. The van der Waals surface area contributed by atoms with Gasteiger partial charge in [0, 0.05) is 19.3 Å². The number of halogens is 3. The first-order valence-electron chi connectivity index (χ1n) is 9.65. The number of thiazole rings is 1. The normalized spacial score (nSPS) is 18.4. The molecule has 2 atom stereocenters. The molecule has 4 heterocycles. The first kappa shape index (κ1) is 23.3. The van der Waals surface area contributed by atoms with Gasteiger partial charge >= 0.3 is 6.16 Å². The Bertz CT molecular complexity index is 1210. The zero-order chi connectivity index (χ0) is 23.9. The predicted molar refractivity (Wildman–Crippen MR) is 119 cm³/mol. The number of aromatic nitrogens is 5. The second kappa shape index (κ2) is 9.15. The monoisotopic (exact) mass is 517 g/mol. The Morgan fingerprint density at radius 3 is 2.73 bits per heavy atom. The summed E-state index contributed by atoms with van der Waals surface area (Å²) in [6.45, 7) is 1.97. The minimum Gasteiger partial charge on any atom is -0.449 e. The molecular formula is C18H18Cl2FN7O4S. The standard InChI is InChI=1S/C18H18Cl2FN7O4S/c1-7-10(19)11(20)12(24-7)15(29)25-9-3-4-28(5-8(9)21)17-26-13(14-22-6-23-27(14)2)16(33-17)32-18(30)31/h6,8-9,24H,3-5H2,1-2H3,(H,25,29)(H,30,31)/t8-,9+/m0/s1. The molecular weight excluding hydrogens is 500 g/mol. The summed E-state index contributed by atoms with van der Waals surface area (Å²) < 4.78 is 21.3. The summed E-state index contributed by atoms with van der Waals surface area (Å²) in [6.07, 6.45) is -1.34. The molecule has 1 aliphatic rings. The number of carbonyl (C=O) groups is 2. The Morgan fingerprint density at radius 1 is 1.39 bits per heavy atom. The number of anilines is 1.